The average Bonchev–Trinajstić information content (AvgIpc) is 1.80. The van der Waals surface area contributed by atoms with Crippen molar-refractivity contribution in [1.82, 2.24) is 4.57 Å². The highest BCUT2D eigenvalue weighted by molar-refractivity contribution is 6.73. The first kappa shape index (κ1) is 10.5. The SMILES string of the molecule is CCN(CCCl)[Si](C)(C)C. The van der Waals surface area contributed by atoms with Gasteiger partial charge < -0.3 is 4.57 Å². The first-order valence-corrected chi connectivity index (χ1v) is 7.81. The van der Waals surface area contributed by atoms with Gasteiger partial charge in [0.1, 0.15) is 8.24 Å². The Balaban J connectivity index is 3.81. The second-order valence-corrected chi connectivity index (χ2v) is 8.79. The molecule has 0 aliphatic heterocycles. The summed E-state index contributed by atoms with van der Waals surface area (Å²) in [6, 6.07) is 0. The molecule has 3 heteroatoms. The molecule has 0 heterocycles. The van der Waals surface area contributed by atoms with E-state index in [9.17, 15) is 0 Å². The van der Waals surface area contributed by atoms with Crippen molar-refractivity contribution in [3.8, 4) is 0 Å². The van der Waals surface area contributed by atoms with Gasteiger partial charge in [-0.1, -0.05) is 26.6 Å². The largest absolute Gasteiger partial charge is 0.323 e. The van der Waals surface area contributed by atoms with Crippen LogP contribution in [-0.2, 0) is 0 Å². The molecule has 0 unspecified atom stereocenters. The fourth-order valence-electron chi connectivity index (χ4n) is 1.07. The summed E-state index contributed by atoms with van der Waals surface area (Å²) in [7, 11) is -1.06. The molecule has 0 saturated carbocycles. The number of hydrogen-bond acceptors (Lipinski definition) is 1. The van der Waals surface area contributed by atoms with Crippen LogP contribution < -0.4 is 0 Å². The Kier molecular flexibility index (Phi) is 4.57. The van der Waals surface area contributed by atoms with Crippen LogP contribution in [0.3, 0.4) is 0 Å². The summed E-state index contributed by atoms with van der Waals surface area (Å²) in [4.78, 5) is 0. The molecule has 1 nitrogen and oxygen atoms in total. The van der Waals surface area contributed by atoms with Crippen molar-refractivity contribution in [3.05, 3.63) is 0 Å². The van der Waals surface area contributed by atoms with Gasteiger partial charge in [0, 0.05) is 12.4 Å². The molecule has 10 heavy (non-hydrogen) atoms. The van der Waals surface area contributed by atoms with E-state index in [4.69, 9.17) is 11.6 Å². The van der Waals surface area contributed by atoms with Crippen molar-refractivity contribution < 1.29 is 0 Å². The topological polar surface area (TPSA) is 3.24 Å². The highest BCUT2D eigenvalue weighted by atomic mass is 35.5. The zero-order valence-corrected chi connectivity index (χ0v) is 9.20. The highest BCUT2D eigenvalue weighted by Crippen LogP contribution is 2.07. The number of rotatable bonds is 4. The monoisotopic (exact) mass is 179 g/mol. The van der Waals surface area contributed by atoms with Crippen molar-refractivity contribution in [1.29, 1.82) is 0 Å². The van der Waals surface area contributed by atoms with Crippen LogP contribution in [0.2, 0.25) is 19.6 Å². The van der Waals surface area contributed by atoms with E-state index >= 15 is 0 Å². The Morgan fingerprint density at radius 3 is 1.90 bits per heavy atom. The van der Waals surface area contributed by atoms with Crippen LogP contribution in [0.15, 0.2) is 0 Å². The Morgan fingerprint density at radius 1 is 1.30 bits per heavy atom. The van der Waals surface area contributed by atoms with Gasteiger partial charge in [-0.3, -0.25) is 0 Å². The van der Waals surface area contributed by atoms with Crippen LogP contribution in [0.4, 0.5) is 0 Å². The van der Waals surface area contributed by atoms with Crippen molar-refractivity contribution in [2.75, 3.05) is 19.0 Å². The summed E-state index contributed by atoms with van der Waals surface area (Å²) in [5.74, 6) is 0.762. The minimum Gasteiger partial charge on any atom is -0.323 e. The van der Waals surface area contributed by atoms with E-state index in [1.807, 2.05) is 0 Å². The van der Waals surface area contributed by atoms with Crippen molar-refractivity contribution in [3.63, 3.8) is 0 Å². The summed E-state index contributed by atoms with van der Waals surface area (Å²) < 4.78 is 2.50. The summed E-state index contributed by atoms with van der Waals surface area (Å²) in [6.07, 6.45) is 0. The van der Waals surface area contributed by atoms with Gasteiger partial charge in [0.2, 0.25) is 0 Å². The van der Waals surface area contributed by atoms with E-state index in [0.29, 0.717) is 0 Å². The van der Waals surface area contributed by atoms with Crippen molar-refractivity contribution >= 4 is 19.8 Å². The lowest BCUT2D eigenvalue weighted by Gasteiger charge is -2.32. The molecule has 0 aliphatic carbocycles. The van der Waals surface area contributed by atoms with E-state index in [2.05, 4.69) is 31.1 Å². The molecule has 0 fully saturated rings. The highest BCUT2D eigenvalue weighted by Gasteiger charge is 2.20. The number of alkyl halides is 1. The van der Waals surface area contributed by atoms with Crippen LogP contribution in [0.1, 0.15) is 6.92 Å². The molecule has 0 aromatic carbocycles. The molecule has 0 amide bonds. The molecule has 0 N–H and O–H groups in total. The lowest BCUT2D eigenvalue weighted by Crippen LogP contribution is -2.46. The predicted molar refractivity (Wildman–Crippen MR) is 51.3 cm³/mol. The third-order valence-electron chi connectivity index (χ3n) is 1.68. The van der Waals surface area contributed by atoms with Crippen molar-refractivity contribution in [2.45, 2.75) is 26.6 Å². The van der Waals surface area contributed by atoms with Gasteiger partial charge in [-0.05, 0) is 6.54 Å². The lowest BCUT2D eigenvalue weighted by atomic mass is 10.7. The normalized spacial score (nSPS) is 12.6. The minimum atomic E-state index is -1.06. The fourth-order valence-corrected chi connectivity index (χ4v) is 3.15. The van der Waals surface area contributed by atoms with Crippen molar-refractivity contribution in [2.24, 2.45) is 0 Å². The predicted octanol–water partition coefficient (Wildman–Crippen LogP) is 2.38. The summed E-state index contributed by atoms with van der Waals surface area (Å²) in [6.45, 7) is 11.4. The number of nitrogens with zero attached hydrogens (tertiary/aromatic N) is 1. The van der Waals surface area contributed by atoms with Gasteiger partial charge in [0.15, 0.2) is 0 Å². The molecule has 0 radical (unpaired) electrons. The maximum Gasteiger partial charge on any atom is 0.119 e. The second kappa shape index (κ2) is 4.37. The molecular weight excluding hydrogens is 162 g/mol. The van der Waals surface area contributed by atoms with E-state index in [-0.39, 0.29) is 0 Å². The Morgan fingerprint density at radius 2 is 1.80 bits per heavy atom. The standard InChI is InChI=1S/C7H18ClNSi/c1-5-9(7-6-8)10(2,3)4/h5-7H2,1-4H3. The number of hydrogen-bond donors (Lipinski definition) is 0. The van der Waals surface area contributed by atoms with Crippen LogP contribution in [0, 0.1) is 0 Å². The van der Waals surface area contributed by atoms with E-state index < -0.39 is 8.24 Å². The zero-order chi connectivity index (χ0) is 8.20. The molecule has 0 bridgehead atoms. The van der Waals surface area contributed by atoms with Gasteiger partial charge in [-0.15, -0.1) is 11.6 Å². The molecule has 0 aromatic heterocycles. The second-order valence-electron chi connectivity index (χ2n) is 3.44. The molecule has 0 atom stereocenters. The van der Waals surface area contributed by atoms with Crippen LogP contribution in [0.25, 0.3) is 0 Å². The first-order chi connectivity index (χ1) is 4.52. The smallest absolute Gasteiger partial charge is 0.119 e. The van der Waals surface area contributed by atoms with E-state index in [1.54, 1.807) is 0 Å². The fraction of sp³-hybridized carbons (Fsp3) is 1.00. The first-order valence-electron chi connectivity index (χ1n) is 3.83. The molecular formula is C7H18ClNSi. The van der Waals surface area contributed by atoms with Crippen LogP contribution in [0.5, 0.6) is 0 Å². The Bertz CT molecular complexity index is 90.1. The molecule has 0 saturated heterocycles. The molecule has 0 spiro atoms. The maximum absolute atomic E-state index is 5.66. The molecule has 0 rings (SSSR count). The summed E-state index contributed by atoms with van der Waals surface area (Å²) in [5, 5.41) is 0. The maximum atomic E-state index is 5.66. The molecule has 62 valence electrons. The average molecular weight is 180 g/mol. The van der Waals surface area contributed by atoms with Gasteiger partial charge in [0.05, 0.1) is 0 Å². The van der Waals surface area contributed by atoms with Gasteiger partial charge in [0.25, 0.3) is 0 Å². The zero-order valence-electron chi connectivity index (χ0n) is 7.45. The van der Waals surface area contributed by atoms with Crippen LogP contribution in [-0.4, -0.2) is 31.8 Å². The Labute approximate surface area is 70.5 Å². The van der Waals surface area contributed by atoms with Crippen LogP contribution >= 0.6 is 11.6 Å². The number of halogens is 1. The molecule has 0 aromatic rings. The Hall–Kier alpha value is 0.467. The van der Waals surface area contributed by atoms with Gasteiger partial charge >= 0.3 is 0 Å². The van der Waals surface area contributed by atoms with E-state index in [0.717, 1.165) is 19.0 Å². The third kappa shape index (κ3) is 3.59. The quantitative estimate of drug-likeness (QED) is 0.473. The van der Waals surface area contributed by atoms with Gasteiger partial charge in [-0.25, -0.2) is 0 Å². The van der Waals surface area contributed by atoms with E-state index in [1.165, 1.54) is 0 Å². The minimum absolute atomic E-state index is 0.762. The third-order valence-corrected chi connectivity index (χ3v) is 4.29. The summed E-state index contributed by atoms with van der Waals surface area (Å²) in [5.41, 5.74) is 0. The molecule has 0 aliphatic rings. The summed E-state index contributed by atoms with van der Waals surface area (Å²) >= 11 is 5.66. The lowest BCUT2D eigenvalue weighted by molar-refractivity contribution is 0.473. The van der Waals surface area contributed by atoms with Gasteiger partial charge in [-0.2, -0.15) is 0 Å².